The number of nitrogens with zero attached hydrogens (tertiary/aromatic N) is 3. The zero-order valence-electron chi connectivity index (χ0n) is 18.3. The number of carbonyl (C=O) groups excluding carboxylic acids is 1. The average molecular weight is 409 g/mol. The van der Waals surface area contributed by atoms with Crippen molar-refractivity contribution in [1.82, 2.24) is 9.13 Å². The van der Waals surface area contributed by atoms with Crippen LogP contribution in [0, 0.1) is 11.3 Å². The van der Waals surface area contributed by atoms with Crippen molar-refractivity contribution in [2.45, 2.75) is 26.2 Å². The number of benzene rings is 1. The highest BCUT2D eigenvalue weighted by molar-refractivity contribution is 5.90. The smallest absolute Gasteiger partial charge is 0.332 e. The van der Waals surface area contributed by atoms with Crippen molar-refractivity contribution in [1.29, 1.82) is 0 Å². The van der Waals surface area contributed by atoms with Crippen LogP contribution < -0.4 is 21.5 Å². The van der Waals surface area contributed by atoms with Gasteiger partial charge in [0.1, 0.15) is 11.6 Å². The van der Waals surface area contributed by atoms with Gasteiger partial charge in [-0.15, -0.1) is 0 Å². The van der Waals surface area contributed by atoms with Gasteiger partial charge in [0.05, 0.1) is 11.5 Å². The molecule has 0 fully saturated rings. The standard InChI is InChI=1S/C23H28N4O3/c1-23(2)11-15-18(16(28)12-23)17(13-7-9-14(10-8-13)25(3)4)19-20(24-15)26(5)22(30)27(6)21(19)29/h7-11,17-18,24H,12H2,1-6H3/t17-,18-/m1/s1. The minimum atomic E-state index is -0.471. The van der Waals surface area contributed by atoms with Gasteiger partial charge in [-0.3, -0.25) is 18.7 Å². The van der Waals surface area contributed by atoms with Gasteiger partial charge in [0, 0.05) is 51.9 Å². The fraction of sp³-hybridized carbons (Fsp3) is 0.435. The summed E-state index contributed by atoms with van der Waals surface area (Å²) in [7, 11) is 7.06. The van der Waals surface area contributed by atoms with Gasteiger partial charge in [0.15, 0.2) is 0 Å². The molecule has 30 heavy (non-hydrogen) atoms. The van der Waals surface area contributed by atoms with E-state index in [-0.39, 0.29) is 16.8 Å². The molecule has 1 N–H and O–H groups in total. The molecule has 0 radical (unpaired) electrons. The highest BCUT2D eigenvalue weighted by Crippen LogP contribution is 2.48. The summed E-state index contributed by atoms with van der Waals surface area (Å²) < 4.78 is 2.58. The summed E-state index contributed by atoms with van der Waals surface area (Å²) in [5.74, 6) is -0.343. The summed E-state index contributed by atoms with van der Waals surface area (Å²) in [5.41, 5.74) is 2.12. The highest BCUT2D eigenvalue weighted by Gasteiger charge is 2.45. The predicted octanol–water partition coefficient (Wildman–Crippen LogP) is 2.21. The molecule has 1 aromatic heterocycles. The van der Waals surface area contributed by atoms with Gasteiger partial charge in [-0.25, -0.2) is 4.79 Å². The molecule has 0 amide bonds. The number of rotatable bonds is 2. The summed E-state index contributed by atoms with van der Waals surface area (Å²) in [6.45, 7) is 4.05. The van der Waals surface area contributed by atoms with Crippen LogP contribution in [0.3, 0.4) is 0 Å². The quantitative estimate of drug-likeness (QED) is 0.825. The predicted molar refractivity (Wildman–Crippen MR) is 118 cm³/mol. The average Bonchev–Trinajstić information content (AvgIpc) is 2.68. The Morgan fingerprint density at radius 2 is 1.63 bits per heavy atom. The molecule has 0 spiro atoms. The van der Waals surface area contributed by atoms with E-state index in [1.807, 2.05) is 57.1 Å². The van der Waals surface area contributed by atoms with Crippen molar-refractivity contribution in [2.75, 3.05) is 24.3 Å². The van der Waals surface area contributed by atoms with E-state index in [1.54, 1.807) is 7.05 Å². The van der Waals surface area contributed by atoms with Crippen LogP contribution in [0.2, 0.25) is 0 Å². The lowest BCUT2D eigenvalue weighted by molar-refractivity contribution is -0.124. The first-order valence-corrected chi connectivity index (χ1v) is 10.1. The lowest BCUT2D eigenvalue weighted by Gasteiger charge is -2.41. The van der Waals surface area contributed by atoms with Crippen LogP contribution in [0.5, 0.6) is 0 Å². The molecule has 2 atom stereocenters. The maximum Gasteiger partial charge on any atom is 0.332 e. The Morgan fingerprint density at radius 3 is 2.23 bits per heavy atom. The molecule has 0 bridgehead atoms. The number of carbonyl (C=O) groups is 1. The van der Waals surface area contributed by atoms with E-state index < -0.39 is 17.5 Å². The third-order valence-corrected chi connectivity index (χ3v) is 6.23. The van der Waals surface area contributed by atoms with Gasteiger partial charge < -0.3 is 10.2 Å². The molecule has 4 rings (SSSR count). The number of Topliss-reactive ketones (excluding diaryl/α,β-unsaturated/α-hetero) is 1. The second-order valence-electron chi connectivity index (χ2n) is 9.27. The summed E-state index contributed by atoms with van der Waals surface area (Å²) in [5, 5.41) is 3.27. The SMILES string of the molecule is CN(C)c1ccc([C@H]2c3c(n(C)c(=O)n(C)c3=O)NC3=CC(C)(C)CC(=O)[C@@H]32)cc1. The highest BCUT2D eigenvalue weighted by atomic mass is 16.2. The Kier molecular flexibility index (Phi) is 4.52. The van der Waals surface area contributed by atoms with Crippen LogP contribution in [0.15, 0.2) is 45.6 Å². The van der Waals surface area contributed by atoms with Crippen molar-refractivity contribution in [3.63, 3.8) is 0 Å². The summed E-state index contributed by atoms with van der Waals surface area (Å²) >= 11 is 0. The Bertz CT molecular complexity index is 1180. The first-order chi connectivity index (χ1) is 14.0. The number of fused-ring (bicyclic) bond motifs is 2. The zero-order chi connectivity index (χ0) is 22.0. The van der Waals surface area contributed by atoms with Gasteiger partial charge in [-0.05, 0) is 23.1 Å². The van der Waals surface area contributed by atoms with E-state index in [0.29, 0.717) is 17.8 Å². The summed E-state index contributed by atoms with van der Waals surface area (Å²) in [6, 6.07) is 7.93. The first kappa shape index (κ1) is 20.2. The third-order valence-electron chi connectivity index (χ3n) is 6.23. The lowest BCUT2D eigenvalue weighted by atomic mass is 9.67. The number of allylic oxidation sites excluding steroid dienone is 2. The monoisotopic (exact) mass is 408 g/mol. The lowest BCUT2D eigenvalue weighted by Crippen LogP contribution is -2.47. The number of anilines is 2. The van der Waals surface area contributed by atoms with Gasteiger partial charge in [-0.1, -0.05) is 32.1 Å². The molecule has 1 aliphatic heterocycles. The molecule has 2 aliphatic rings. The molecule has 2 aromatic rings. The number of ketones is 1. The van der Waals surface area contributed by atoms with E-state index in [4.69, 9.17) is 0 Å². The van der Waals surface area contributed by atoms with Gasteiger partial charge in [0.2, 0.25) is 0 Å². The maximum absolute atomic E-state index is 13.3. The molecule has 1 aromatic carbocycles. The largest absolute Gasteiger partial charge is 0.378 e. The topological polar surface area (TPSA) is 76.3 Å². The van der Waals surface area contributed by atoms with E-state index in [9.17, 15) is 14.4 Å². The summed E-state index contributed by atoms with van der Waals surface area (Å²) in [4.78, 5) is 41.1. The van der Waals surface area contributed by atoms with E-state index in [0.717, 1.165) is 21.5 Å². The molecule has 2 heterocycles. The number of aromatic nitrogens is 2. The number of nitrogens with one attached hydrogen (secondary N) is 1. The second kappa shape index (κ2) is 6.72. The molecule has 7 nitrogen and oxygen atoms in total. The van der Waals surface area contributed by atoms with Crippen molar-refractivity contribution >= 4 is 17.3 Å². The molecule has 0 saturated heterocycles. The molecule has 1 aliphatic carbocycles. The van der Waals surface area contributed by atoms with Crippen LogP contribution >= 0.6 is 0 Å². The minimum Gasteiger partial charge on any atom is -0.378 e. The van der Waals surface area contributed by atoms with Gasteiger partial charge in [-0.2, -0.15) is 0 Å². The summed E-state index contributed by atoms with van der Waals surface area (Å²) in [6.07, 6.45) is 2.49. The molecular formula is C23H28N4O3. The Hall–Kier alpha value is -3.09. The molecular weight excluding hydrogens is 380 g/mol. The Balaban J connectivity index is 2.03. The normalized spacial score (nSPS) is 21.9. The first-order valence-electron chi connectivity index (χ1n) is 10.1. The van der Waals surface area contributed by atoms with Crippen LogP contribution in [0.25, 0.3) is 0 Å². The van der Waals surface area contributed by atoms with Crippen LogP contribution in [-0.2, 0) is 18.9 Å². The minimum absolute atomic E-state index is 0.105. The van der Waals surface area contributed by atoms with Gasteiger partial charge in [0.25, 0.3) is 5.56 Å². The molecule has 158 valence electrons. The maximum atomic E-state index is 13.3. The van der Waals surface area contributed by atoms with Crippen molar-refractivity contribution in [3.8, 4) is 0 Å². The van der Waals surface area contributed by atoms with E-state index in [1.165, 1.54) is 11.6 Å². The third kappa shape index (κ3) is 3.00. The zero-order valence-corrected chi connectivity index (χ0v) is 18.3. The van der Waals surface area contributed by atoms with Crippen molar-refractivity contribution in [3.05, 3.63) is 68.0 Å². The Labute approximate surface area is 175 Å². The molecule has 7 heteroatoms. The Morgan fingerprint density at radius 1 is 1.00 bits per heavy atom. The molecule has 0 saturated carbocycles. The fourth-order valence-electron chi connectivity index (χ4n) is 4.72. The van der Waals surface area contributed by atoms with Gasteiger partial charge >= 0.3 is 5.69 Å². The fourth-order valence-corrected chi connectivity index (χ4v) is 4.72. The van der Waals surface area contributed by atoms with Crippen molar-refractivity contribution < 1.29 is 4.79 Å². The number of hydrogen-bond acceptors (Lipinski definition) is 5. The number of hydrogen-bond donors (Lipinski definition) is 1. The van der Waals surface area contributed by atoms with Crippen LogP contribution in [0.4, 0.5) is 11.5 Å². The van der Waals surface area contributed by atoms with E-state index in [2.05, 4.69) is 11.4 Å². The van der Waals surface area contributed by atoms with Crippen LogP contribution in [-0.4, -0.2) is 29.0 Å². The van der Waals surface area contributed by atoms with E-state index >= 15 is 0 Å². The second-order valence-corrected chi connectivity index (χ2v) is 9.27. The molecule has 0 unspecified atom stereocenters. The van der Waals surface area contributed by atoms with Crippen LogP contribution in [0.1, 0.15) is 37.3 Å². The van der Waals surface area contributed by atoms with Crippen molar-refractivity contribution in [2.24, 2.45) is 25.4 Å².